The molecule has 0 spiro atoms. The van der Waals surface area contributed by atoms with Crippen LogP contribution in [-0.4, -0.2) is 47.9 Å². The first-order valence-corrected chi connectivity index (χ1v) is 9.31. The van der Waals surface area contributed by atoms with Gasteiger partial charge in [0.1, 0.15) is 5.75 Å². The number of hydrogen-bond donors (Lipinski definition) is 1. The molecule has 0 aliphatic carbocycles. The highest BCUT2D eigenvalue weighted by Gasteiger charge is 2.21. The fourth-order valence-corrected chi connectivity index (χ4v) is 3.24. The third kappa shape index (κ3) is 4.01. The van der Waals surface area contributed by atoms with Crippen molar-refractivity contribution in [3.8, 4) is 5.75 Å². The molecule has 0 radical (unpaired) electrons. The Morgan fingerprint density at radius 1 is 1.42 bits per heavy atom. The molecular weight excluding hydrogens is 358 g/mol. The number of hydrogen-bond acceptors (Lipinski definition) is 7. The molecule has 24 heavy (non-hydrogen) atoms. The van der Waals surface area contributed by atoms with Gasteiger partial charge in [-0.1, -0.05) is 16.7 Å². The van der Waals surface area contributed by atoms with Crippen LogP contribution in [0.1, 0.15) is 22.8 Å². The third-order valence-corrected chi connectivity index (χ3v) is 4.37. The van der Waals surface area contributed by atoms with Gasteiger partial charge in [-0.15, -0.1) is 0 Å². The Hall–Kier alpha value is -2.20. The van der Waals surface area contributed by atoms with E-state index in [0.29, 0.717) is 12.3 Å². The number of methoxy groups -OCH3 is 1. The molecule has 1 aromatic carbocycles. The summed E-state index contributed by atoms with van der Waals surface area (Å²) in [4.78, 5) is 12.4. The smallest absolute Gasteiger partial charge is 0.259 e. The fourth-order valence-electron chi connectivity index (χ4n) is 2.04. The minimum Gasteiger partial charge on any atom is -0.496 e. The maximum Gasteiger partial charge on any atom is 0.259 e. The van der Waals surface area contributed by atoms with E-state index >= 15 is 0 Å². The van der Waals surface area contributed by atoms with Crippen LogP contribution in [0.3, 0.4) is 0 Å². The summed E-state index contributed by atoms with van der Waals surface area (Å²) in [6.45, 7) is 2.29. The number of carbonyl (C=O) groups excluding carboxylic acids is 1. The molecule has 1 amide bonds. The lowest BCUT2D eigenvalue weighted by Gasteiger charge is -2.13. The van der Waals surface area contributed by atoms with Crippen LogP contribution in [0, 0.1) is 0 Å². The number of aryl methyl sites for hydroxylation is 1. The van der Waals surface area contributed by atoms with Crippen LogP contribution in [0.5, 0.6) is 5.75 Å². The summed E-state index contributed by atoms with van der Waals surface area (Å²) in [5.74, 6) is -0.440. The average molecular weight is 374 g/mol. The van der Waals surface area contributed by atoms with E-state index in [1.807, 2.05) is 6.92 Å². The molecule has 1 aromatic heterocycles. The zero-order valence-electron chi connectivity index (χ0n) is 13.3. The van der Waals surface area contributed by atoms with Gasteiger partial charge in [0.15, 0.2) is 9.84 Å². The quantitative estimate of drug-likeness (QED) is 0.807. The van der Waals surface area contributed by atoms with Crippen molar-refractivity contribution >= 4 is 33.3 Å². The number of tetrazole rings is 1. The Labute approximate surface area is 143 Å². The van der Waals surface area contributed by atoms with Crippen molar-refractivity contribution in [3.63, 3.8) is 0 Å². The van der Waals surface area contributed by atoms with E-state index in [9.17, 15) is 13.2 Å². The molecule has 0 fully saturated rings. The number of rotatable bonds is 6. The first-order valence-electron chi connectivity index (χ1n) is 6.87. The maximum atomic E-state index is 12.4. The predicted molar refractivity (Wildman–Crippen MR) is 88.0 cm³/mol. The van der Waals surface area contributed by atoms with Gasteiger partial charge in [-0.3, -0.25) is 10.1 Å². The monoisotopic (exact) mass is 373 g/mol. The van der Waals surface area contributed by atoms with Crippen LogP contribution in [0.15, 0.2) is 12.1 Å². The number of nitrogens with one attached hydrogen (secondary N) is 1. The molecule has 11 heteroatoms. The molecule has 2 aromatic rings. The van der Waals surface area contributed by atoms with Crippen LogP contribution in [-0.2, 0) is 22.1 Å². The number of nitrogens with zero attached hydrogens (tertiary/aromatic N) is 4. The van der Waals surface area contributed by atoms with Gasteiger partial charge in [0.2, 0.25) is 5.95 Å². The number of sulfone groups is 1. The molecule has 0 aliphatic heterocycles. The van der Waals surface area contributed by atoms with Gasteiger partial charge < -0.3 is 4.74 Å². The second-order valence-corrected chi connectivity index (χ2v) is 7.47. The van der Waals surface area contributed by atoms with E-state index < -0.39 is 15.7 Å². The molecule has 130 valence electrons. The summed E-state index contributed by atoms with van der Waals surface area (Å²) in [7, 11) is -1.97. The van der Waals surface area contributed by atoms with Crippen molar-refractivity contribution in [2.24, 2.45) is 0 Å². The summed E-state index contributed by atoms with van der Waals surface area (Å²) in [5.41, 5.74) is 0.325. The highest BCUT2D eigenvalue weighted by molar-refractivity contribution is 7.89. The van der Waals surface area contributed by atoms with Gasteiger partial charge in [-0.25, -0.2) is 13.1 Å². The number of amides is 1. The molecule has 0 saturated heterocycles. The molecule has 0 aliphatic rings. The van der Waals surface area contributed by atoms with Crippen LogP contribution in [0.2, 0.25) is 5.02 Å². The number of halogens is 1. The summed E-state index contributed by atoms with van der Waals surface area (Å²) in [6.07, 6.45) is 1.07. The highest BCUT2D eigenvalue weighted by atomic mass is 35.5. The predicted octanol–water partition coefficient (Wildman–Crippen LogP) is 1.15. The molecule has 1 N–H and O–H groups in total. The summed E-state index contributed by atoms with van der Waals surface area (Å²) in [5, 5.41) is 13.4. The first kappa shape index (κ1) is 18.1. The lowest BCUT2D eigenvalue weighted by atomic mass is 10.1. The van der Waals surface area contributed by atoms with Gasteiger partial charge in [0, 0.05) is 18.4 Å². The fraction of sp³-hybridized carbons (Fsp3) is 0.385. The zero-order valence-corrected chi connectivity index (χ0v) is 14.8. The molecule has 9 nitrogen and oxygen atoms in total. The second-order valence-electron chi connectivity index (χ2n) is 4.95. The Bertz CT molecular complexity index is 865. The van der Waals surface area contributed by atoms with E-state index in [1.165, 1.54) is 23.9 Å². The van der Waals surface area contributed by atoms with Gasteiger partial charge in [-0.05, 0) is 29.5 Å². The van der Waals surface area contributed by atoms with Crippen molar-refractivity contribution < 1.29 is 17.9 Å². The summed E-state index contributed by atoms with van der Waals surface area (Å²) in [6, 6.07) is 2.94. The topological polar surface area (TPSA) is 116 Å². The van der Waals surface area contributed by atoms with Crippen molar-refractivity contribution in [2.45, 2.75) is 19.2 Å². The second kappa shape index (κ2) is 7.14. The van der Waals surface area contributed by atoms with Crippen molar-refractivity contribution in [3.05, 3.63) is 28.3 Å². The molecule has 0 saturated carbocycles. The molecular formula is C13H16ClN5O4S. The first-order chi connectivity index (χ1) is 11.3. The molecule has 0 unspecified atom stereocenters. The Morgan fingerprint density at radius 3 is 2.71 bits per heavy atom. The van der Waals surface area contributed by atoms with Gasteiger partial charge in [-0.2, -0.15) is 0 Å². The summed E-state index contributed by atoms with van der Waals surface area (Å²) < 4.78 is 29.7. The minimum absolute atomic E-state index is 0.00722. The Morgan fingerprint density at radius 2 is 2.12 bits per heavy atom. The standard InChI is InChI=1S/C13H16ClN5O4S/c1-4-19-13(16-17-18-19)15-12(20)8-5-6-10(23-2)9(11(8)14)7-24(3,21)22/h5-6H,4,7H2,1-3H3,(H,15,16,18,20). The van der Waals surface area contributed by atoms with E-state index in [1.54, 1.807) is 0 Å². The van der Waals surface area contributed by atoms with E-state index in [2.05, 4.69) is 20.8 Å². The number of benzene rings is 1. The van der Waals surface area contributed by atoms with E-state index in [4.69, 9.17) is 16.3 Å². The van der Waals surface area contributed by atoms with Gasteiger partial charge in [0.25, 0.3) is 5.91 Å². The lowest BCUT2D eigenvalue weighted by Crippen LogP contribution is -2.17. The Kier molecular flexibility index (Phi) is 5.40. The third-order valence-electron chi connectivity index (χ3n) is 3.13. The zero-order chi connectivity index (χ0) is 17.9. The molecule has 1 heterocycles. The molecule has 0 atom stereocenters. The highest BCUT2D eigenvalue weighted by Crippen LogP contribution is 2.31. The van der Waals surface area contributed by atoms with Crippen LogP contribution >= 0.6 is 11.6 Å². The largest absolute Gasteiger partial charge is 0.496 e. The minimum atomic E-state index is -3.37. The molecule has 0 bridgehead atoms. The van der Waals surface area contributed by atoms with Crippen LogP contribution in [0.4, 0.5) is 5.95 Å². The summed E-state index contributed by atoms with van der Waals surface area (Å²) >= 11 is 6.24. The maximum absolute atomic E-state index is 12.4. The van der Waals surface area contributed by atoms with Crippen LogP contribution in [0.25, 0.3) is 0 Å². The molecule has 2 rings (SSSR count). The number of carbonyl (C=O) groups is 1. The van der Waals surface area contributed by atoms with Crippen molar-refractivity contribution in [2.75, 3.05) is 18.7 Å². The number of ether oxygens (including phenoxy) is 1. The average Bonchev–Trinajstić information content (AvgIpc) is 2.95. The van der Waals surface area contributed by atoms with E-state index in [-0.39, 0.29) is 27.9 Å². The normalized spacial score (nSPS) is 11.3. The van der Waals surface area contributed by atoms with Crippen LogP contribution < -0.4 is 10.1 Å². The van der Waals surface area contributed by atoms with E-state index in [0.717, 1.165) is 6.26 Å². The van der Waals surface area contributed by atoms with Gasteiger partial charge in [0.05, 0.1) is 23.4 Å². The number of aromatic nitrogens is 4. The Balaban J connectivity index is 2.40. The van der Waals surface area contributed by atoms with Gasteiger partial charge >= 0.3 is 0 Å². The number of anilines is 1. The van der Waals surface area contributed by atoms with Crippen molar-refractivity contribution in [1.29, 1.82) is 0 Å². The van der Waals surface area contributed by atoms with Crippen molar-refractivity contribution in [1.82, 2.24) is 20.2 Å². The lowest BCUT2D eigenvalue weighted by molar-refractivity contribution is 0.102. The SMILES string of the molecule is CCn1nnnc1NC(=O)c1ccc(OC)c(CS(C)(=O)=O)c1Cl.